The Balaban J connectivity index is 2.65. The van der Waals surface area contributed by atoms with Gasteiger partial charge in [-0.2, -0.15) is 0 Å². The third-order valence-electron chi connectivity index (χ3n) is 2.86. The molecule has 0 aliphatic carbocycles. The number of rotatable bonds is 1. The van der Waals surface area contributed by atoms with Gasteiger partial charge in [0.05, 0.1) is 11.9 Å². The van der Waals surface area contributed by atoms with Crippen LogP contribution in [0.5, 0.6) is 0 Å². The van der Waals surface area contributed by atoms with E-state index in [9.17, 15) is 9.59 Å². The van der Waals surface area contributed by atoms with Crippen LogP contribution in [0.3, 0.4) is 0 Å². The number of amides is 1. The Morgan fingerprint density at radius 3 is 2.45 bits per heavy atom. The van der Waals surface area contributed by atoms with E-state index in [1.54, 1.807) is 47.0 Å². The third kappa shape index (κ3) is 3.03. The number of hydrogen-bond donors (Lipinski definition) is 1. The highest BCUT2D eigenvalue weighted by Gasteiger charge is 2.26. The maximum Gasteiger partial charge on any atom is 0.420 e. The van der Waals surface area contributed by atoms with Crippen molar-refractivity contribution < 1.29 is 14.3 Å². The zero-order valence-corrected chi connectivity index (χ0v) is 13.4. The van der Waals surface area contributed by atoms with Crippen LogP contribution in [-0.2, 0) is 4.74 Å². The van der Waals surface area contributed by atoms with Crippen molar-refractivity contribution in [1.82, 2.24) is 14.5 Å². The first-order valence-corrected chi connectivity index (χ1v) is 6.82. The average molecular weight is 304 g/mol. The van der Waals surface area contributed by atoms with Gasteiger partial charge in [0.1, 0.15) is 16.9 Å². The fraction of sp³-hybridized carbons (Fsp3) is 0.400. The largest absolute Gasteiger partial charge is 0.443 e. The van der Waals surface area contributed by atoms with E-state index in [4.69, 9.17) is 10.5 Å². The average Bonchev–Trinajstić information content (AvgIpc) is 2.73. The van der Waals surface area contributed by atoms with Crippen molar-refractivity contribution in [3.05, 3.63) is 24.0 Å². The van der Waals surface area contributed by atoms with Crippen LogP contribution in [0.15, 0.2) is 18.3 Å². The van der Waals surface area contributed by atoms with Gasteiger partial charge in [-0.1, -0.05) is 0 Å². The van der Waals surface area contributed by atoms with Gasteiger partial charge >= 0.3 is 6.09 Å². The Kier molecular flexibility index (Phi) is 3.83. The molecule has 1 amide bonds. The number of carbonyl (C=O) groups is 2. The van der Waals surface area contributed by atoms with Crippen LogP contribution < -0.4 is 5.73 Å². The van der Waals surface area contributed by atoms with Gasteiger partial charge in [0, 0.05) is 19.5 Å². The number of ether oxygens (including phenoxy) is 1. The zero-order chi connectivity index (χ0) is 16.7. The van der Waals surface area contributed by atoms with Crippen molar-refractivity contribution in [3.8, 4) is 0 Å². The first kappa shape index (κ1) is 15.8. The van der Waals surface area contributed by atoms with Crippen LogP contribution in [0.1, 0.15) is 31.3 Å². The molecule has 7 heteroatoms. The van der Waals surface area contributed by atoms with E-state index in [1.165, 1.54) is 15.7 Å². The fourth-order valence-corrected chi connectivity index (χ4v) is 1.99. The SMILES string of the molecule is CN(C)C(=O)c1cc2cc(N)cnc2n1C(=O)OC(C)(C)C. The first-order chi connectivity index (χ1) is 10.1. The second kappa shape index (κ2) is 5.32. The molecular formula is C15H20N4O3. The number of hydrogen-bond acceptors (Lipinski definition) is 5. The van der Waals surface area contributed by atoms with Gasteiger partial charge in [-0.15, -0.1) is 0 Å². The smallest absolute Gasteiger partial charge is 0.420 e. The third-order valence-corrected chi connectivity index (χ3v) is 2.86. The van der Waals surface area contributed by atoms with E-state index < -0.39 is 11.7 Å². The van der Waals surface area contributed by atoms with Crippen LogP contribution in [0.4, 0.5) is 10.5 Å². The summed E-state index contributed by atoms with van der Waals surface area (Å²) in [5.74, 6) is -0.317. The van der Waals surface area contributed by atoms with Gasteiger partial charge in [0.25, 0.3) is 5.91 Å². The van der Waals surface area contributed by atoms with E-state index in [1.807, 2.05) is 0 Å². The summed E-state index contributed by atoms with van der Waals surface area (Å²) in [5, 5.41) is 0.607. The van der Waals surface area contributed by atoms with E-state index in [0.717, 1.165) is 0 Å². The quantitative estimate of drug-likeness (QED) is 0.871. The van der Waals surface area contributed by atoms with Gasteiger partial charge in [0.15, 0.2) is 0 Å². The molecule has 0 saturated heterocycles. The minimum atomic E-state index is -0.681. The lowest BCUT2D eigenvalue weighted by Crippen LogP contribution is -2.31. The molecule has 0 aromatic carbocycles. The molecule has 2 aromatic heterocycles. The van der Waals surface area contributed by atoms with Crippen LogP contribution in [0.25, 0.3) is 11.0 Å². The predicted octanol–water partition coefficient (Wildman–Crippen LogP) is 2.10. The first-order valence-electron chi connectivity index (χ1n) is 6.82. The van der Waals surface area contributed by atoms with Crippen molar-refractivity contribution in [2.45, 2.75) is 26.4 Å². The molecule has 0 fully saturated rings. The lowest BCUT2D eigenvalue weighted by atomic mass is 10.2. The lowest BCUT2D eigenvalue weighted by molar-refractivity contribution is 0.0527. The molecule has 0 spiro atoms. The van der Waals surface area contributed by atoms with E-state index in [2.05, 4.69) is 4.98 Å². The Hall–Kier alpha value is -2.57. The summed E-state index contributed by atoms with van der Waals surface area (Å²) in [5.41, 5.74) is 6.02. The molecule has 0 bridgehead atoms. The lowest BCUT2D eigenvalue weighted by Gasteiger charge is -2.21. The number of anilines is 1. The molecule has 0 saturated carbocycles. The van der Waals surface area contributed by atoms with Gasteiger partial charge in [-0.3, -0.25) is 4.79 Å². The van der Waals surface area contributed by atoms with Crippen LogP contribution in [-0.4, -0.2) is 46.1 Å². The fourth-order valence-electron chi connectivity index (χ4n) is 1.99. The normalized spacial score (nSPS) is 11.5. The predicted molar refractivity (Wildman–Crippen MR) is 83.8 cm³/mol. The molecule has 0 aliphatic heterocycles. The standard InChI is InChI=1S/C15H20N4O3/c1-15(2,3)22-14(21)19-11(13(20)18(4)5)7-9-6-10(16)8-17-12(9)19/h6-8H,16H2,1-5H3. The highest BCUT2D eigenvalue weighted by atomic mass is 16.6. The second-order valence-corrected chi connectivity index (χ2v) is 6.23. The van der Waals surface area contributed by atoms with Crippen molar-refractivity contribution in [1.29, 1.82) is 0 Å². The highest BCUT2D eigenvalue weighted by Crippen LogP contribution is 2.22. The number of nitrogens with zero attached hydrogens (tertiary/aromatic N) is 3. The highest BCUT2D eigenvalue weighted by molar-refractivity contribution is 6.03. The van der Waals surface area contributed by atoms with Crippen molar-refractivity contribution in [2.75, 3.05) is 19.8 Å². The van der Waals surface area contributed by atoms with Gasteiger partial charge in [0.2, 0.25) is 0 Å². The molecule has 0 atom stereocenters. The summed E-state index contributed by atoms with van der Waals surface area (Å²) >= 11 is 0. The minimum absolute atomic E-state index is 0.187. The number of carbonyl (C=O) groups excluding carboxylic acids is 2. The molecule has 2 aromatic rings. The number of pyridine rings is 1. The summed E-state index contributed by atoms with van der Waals surface area (Å²) in [7, 11) is 3.22. The molecule has 22 heavy (non-hydrogen) atoms. The van der Waals surface area contributed by atoms with E-state index in [0.29, 0.717) is 16.7 Å². The summed E-state index contributed by atoms with van der Waals surface area (Å²) < 4.78 is 6.56. The van der Waals surface area contributed by atoms with Gasteiger partial charge in [-0.25, -0.2) is 14.3 Å². The van der Waals surface area contributed by atoms with Gasteiger partial charge < -0.3 is 15.4 Å². The van der Waals surface area contributed by atoms with Gasteiger partial charge in [-0.05, 0) is 32.9 Å². The van der Waals surface area contributed by atoms with Crippen LogP contribution in [0.2, 0.25) is 0 Å². The Morgan fingerprint density at radius 1 is 1.27 bits per heavy atom. The molecule has 0 unspecified atom stereocenters. The molecule has 7 nitrogen and oxygen atoms in total. The van der Waals surface area contributed by atoms with Crippen LogP contribution in [0, 0.1) is 0 Å². The van der Waals surface area contributed by atoms with E-state index in [-0.39, 0.29) is 11.6 Å². The number of nitrogen functional groups attached to an aromatic ring is 1. The number of fused-ring (bicyclic) bond motifs is 1. The summed E-state index contributed by atoms with van der Waals surface area (Å²) in [6.45, 7) is 5.28. The maximum absolute atomic E-state index is 12.5. The molecule has 2 N–H and O–H groups in total. The molecule has 2 heterocycles. The van der Waals surface area contributed by atoms with Crippen molar-refractivity contribution in [2.24, 2.45) is 0 Å². The summed E-state index contributed by atoms with van der Waals surface area (Å²) in [6, 6.07) is 3.25. The van der Waals surface area contributed by atoms with E-state index >= 15 is 0 Å². The minimum Gasteiger partial charge on any atom is -0.443 e. The Bertz CT molecular complexity index is 741. The molecule has 2 rings (SSSR count). The number of nitrogens with two attached hydrogens (primary N) is 1. The van der Waals surface area contributed by atoms with Crippen molar-refractivity contribution in [3.63, 3.8) is 0 Å². The van der Waals surface area contributed by atoms with Crippen molar-refractivity contribution >= 4 is 28.7 Å². The maximum atomic E-state index is 12.5. The molecule has 0 aliphatic rings. The van der Waals surface area contributed by atoms with Crippen LogP contribution >= 0.6 is 0 Å². The summed E-state index contributed by atoms with van der Waals surface area (Å²) in [6.07, 6.45) is 0.789. The topological polar surface area (TPSA) is 90.5 Å². The summed E-state index contributed by atoms with van der Waals surface area (Å²) in [4.78, 5) is 30.3. The molecule has 0 radical (unpaired) electrons. The molecule has 118 valence electrons. The number of aromatic nitrogens is 2. The Labute approximate surface area is 128 Å². The molecular weight excluding hydrogens is 284 g/mol. The zero-order valence-electron chi connectivity index (χ0n) is 13.4. The Morgan fingerprint density at radius 2 is 1.91 bits per heavy atom. The monoisotopic (exact) mass is 304 g/mol. The second-order valence-electron chi connectivity index (χ2n) is 6.23.